The van der Waals surface area contributed by atoms with E-state index in [9.17, 15) is 0 Å². The van der Waals surface area contributed by atoms with Crippen molar-refractivity contribution in [2.75, 3.05) is 6.54 Å². The number of hydrogen-bond donors (Lipinski definition) is 1. The van der Waals surface area contributed by atoms with Crippen LogP contribution in [-0.2, 0) is 20.0 Å². The number of aromatic nitrogens is 3. The standard InChI is InChI=1S/C17H18N4O/c1-11-12-6-8-21(2)15(12)3-4-16(11)22-17-13-5-7-18-9-14(13)19-10-20-17/h3-4,6,8,10,18H,5,7,9H2,1-2H3. The van der Waals surface area contributed by atoms with Gasteiger partial charge in [0.1, 0.15) is 12.1 Å². The number of nitrogens with zero attached hydrogens (tertiary/aromatic N) is 3. The normalized spacial score (nSPS) is 14.1. The minimum absolute atomic E-state index is 0.685. The van der Waals surface area contributed by atoms with Gasteiger partial charge in [0, 0.05) is 41.8 Å². The Labute approximate surface area is 129 Å². The van der Waals surface area contributed by atoms with Gasteiger partial charge in [-0.1, -0.05) is 0 Å². The van der Waals surface area contributed by atoms with Gasteiger partial charge in [-0.15, -0.1) is 0 Å². The van der Waals surface area contributed by atoms with E-state index in [0.717, 1.165) is 42.1 Å². The molecule has 1 N–H and O–H groups in total. The lowest BCUT2D eigenvalue weighted by Gasteiger charge is -2.18. The highest BCUT2D eigenvalue weighted by molar-refractivity contribution is 5.85. The van der Waals surface area contributed by atoms with Gasteiger partial charge in [-0.2, -0.15) is 0 Å². The van der Waals surface area contributed by atoms with E-state index >= 15 is 0 Å². The molecule has 0 fully saturated rings. The molecule has 5 nitrogen and oxygen atoms in total. The Hall–Kier alpha value is -2.40. The molecule has 112 valence electrons. The van der Waals surface area contributed by atoms with Crippen molar-refractivity contribution in [2.45, 2.75) is 19.9 Å². The number of benzene rings is 1. The van der Waals surface area contributed by atoms with Crippen LogP contribution in [0.15, 0.2) is 30.7 Å². The second kappa shape index (κ2) is 5.10. The van der Waals surface area contributed by atoms with Crippen molar-refractivity contribution in [1.29, 1.82) is 0 Å². The second-order valence-corrected chi connectivity index (χ2v) is 5.68. The molecule has 1 aromatic carbocycles. The number of nitrogens with one attached hydrogen (secondary N) is 1. The van der Waals surface area contributed by atoms with E-state index in [1.165, 1.54) is 10.9 Å². The molecular formula is C17H18N4O. The summed E-state index contributed by atoms with van der Waals surface area (Å²) < 4.78 is 8.25. The molecule has 0 saturated carbocycles. The average Bonchev–Trinajstić information content (AvgIpc) is 2.92. The maximum atomic E-state index is 6.14. The molecule has 2 aromatic heterocycles. The second-order valence-electron chi connectivity index (χ2n) is 5.68. The van der Waals surface area contributed by atoms with Crippen LogP contribution in [0.1, 0.15) is 16.8 Å². The SMILES string of the molecule is Cc1c(Oc2ncnc3c2CCNC3)ccc2c1ccn2C. The molecule has 1 aliphatic rings. The first kappa shape index (κ1) is 13.3. The van der Waals surface area contributed by atoms with Crippen molar-refractivity contribution in [3.63, 3.8) is 0 Å². The van der Waals surface area contributed by atoms with Crippen LogP contribution in [-0.4, -0.2) is 21.1 Å². The highest BCUT2D eigenvalue weighted by Gasteiger charge is 2.17. The number of aryl methyl sites for hydroxylation is 2. The third-order valence-corrected chi connectivity index (χ3v) is 4.33. The van der Waals surface area contributed by atoms with Crippen LogP contribution < -0.4 is 10.1 Å². The Bertz CT molecular complexity index is 853. The van der Waals surface area contributed by atoms with Gasteiger partial charge in [-0.3, -0.25) is 0 Å². The van der Waals surface area contributed by atoms with E-state index in [0.29, 0.717) is 5.88 Å². The van der Waals surface area contributed by atoms with E-state index in [1.807, 2.05) is 6.07 Å². The fraction of sp³-hybridized carbons (Fsp3) is 0.294. The zero-order valence-electron chi connectivity index (χ0n) is 12.8. The van der Waals surface area contributed by atoms with Crippen molar-refractivity contribution in [1.82, 2.24) is 19.9 Å². The third-order valence-electron chi connectivity index (χ3n) is 4.33. The molecule has 0 aliphatic carbocycles. The van der Waals surface area contributed by atoms with Gasteiger partial charge in [0.15, 0.2) is 0 Å². The number of ether oxygens (including phenoxy) is 1. The van der Waals surface area contributed by atoms with E-state index in [4.69, 9.17) is 4.74 Å². The molecule has 0 radical (unpaired) electrons. The maximum absolute atomic E-state index is 6.14. The number of rotatable bonds is 2. The van der Waals surface area contributed by atoms with Gasteiger partial charge in [-0.25, -0.2) is 9.97 Å². The molecule has 0 atom stereocenters. The summed E-state index contributed by atoms with van der Waals surface area (Å²) in [5, 5.41) is 4.53. The minimum atomic E-state index is 0.685. The molecule has 22 heavy (non-hydrogen) atoms. The van der Waals surface area contributed by atoms with Crippen molar-refractivity contribution in [3.05, 3.63) is 47.5 Å². The highest BCUT2D eigenvalue weighted by Crippen LogP contribution is 2.32. The van der Waals surface area contributed by atoms with Crippen LogP contribution in [0.4, 0.5) is 0 Å². The van der Waals surface area contributed by atoms with Crippen molar-refractivity contribution in [3.8, 4) is 11.6 Å². The van der Waals surface area contributed by atoms with Crippen LogP contribution in [0.5, 0.6) is 11.6 Å². The van der Waals surface area contributed by atoms with Crippen LogP contribution >= 0.6 is 0 Å². The number of hydrogen-bond acceptors (Lipinski definition) is 4. The quantitative estimate of drug-likeness (QED) is 0.789. The molecule has 4 rings (SSSR count). The maximum Gasteiger partial charge on any atom is 0.225 e. The summed E-state index contributed by atoms with van der Waals surface area (Å²) in [6.07, 6.45) is 4.55. The molecular weight excluding hydrogens is 276 g/mol. The smallest absolute Gasteiger partial charge is 0.225 e. The van der Waals surface area contributed by atoms with Gasteiger partial charge in [0.05, 0.1) is 5.69 Å². The summed E-state index contributed by atoms with van der Waals surface area (Å²) in [6, 6.07) is 6.23. The predicted molar refractivity (Wildman–Crippen MR) is 85.2 cm³/mol. The van der Waals surface area contributed by atoms with Crippen molar-refractivity contribution in [2.24, 2.45) is 7.05 Å². The average molecular weight is 294 g/mol. The van der Waals surface area contributed by atoms with Crippen molar-refractivity contribution < 1.29 is 4.74 Å². The lowest BCUT2D eigenvalue weighted by atomic mass is 10.1. The Morgan fingerprint density at radius 3 is 3.05 bits per heavy atom. The van der Waals surface area contributed by atoms with Gasteiger partial charge in [-0.05, 0) is 38.1 Å². The zero-order valence-corrected chi connectivity index (χ0v) is 12.8. The van der Waals surface area contributed by atoms with Gasteiger partial charge >= 0.3 is 0 Å². The van der Waals surface area contributed by atoms with E-state index < -0.39 is 0 Å². The van der Waals surface area contributed by atoms with Crippen LogP contribution in [0.25, 0.3) is 10.9 Å². The highest BCUT2D eigenvalue weighted by atomic mass is 16.5. The zero-order chi connectivity index (χ0) is 15.1. The first-order valence-electron chi connectivity index (χ1n) is 7.50. The summed E-state index contributed by atoms with van der Waals surface area (Å²) >= 11 is 0. The van der Waals surface area contributed by atoms with Gasteiger partial charge < -0.3 is 14.6 Å². The molecule has 0 amide bonds. The summed E-state index contributed by atoms with van der Waals surface area (Å²) in [6.45, 7) is 3.81. The summed E-state index contributed by atoms with van der Waals surface area (Å²) in [7, 11) is 2.05. The lowest BCUT2D eigenvalue weighted by molar-refractivity contribution is 0.443. The molecule has 3 aromatic rings. The van der Waals surface area contributed by atoms with Gasteiger partial charge in [0.25, 0.3) is 0 Å². The van der Waals surface area contributed by atoms with Gasteiger partial charge in [0.2, 0.25) is 5.88 Å². The lowest BCUT2D eigenvalue weighted by Crippen LogP contribution is -2.25. The van der Waals surface area contributed by atoms with Crippen LogP contribution in [0, 0.1) is 6.92 Å². The van der Waals surface area contributed by atoms with E-state index in [2.05, 4.69) is 52.2 Å². The topological polar surface area (TPSA) is 52.0 Å². The predicted octanol–water partition coefficient (Wildman–Crippen LogP) is 2.71. The molecule has 3 heterocycles. The number of fused-ring (bicyclic) bond motifs is 2. The van der Waals surface area contributed by atoms with E-state index in [1.54, 1.807) is 6.33 Å². The fourth-order valence-electron chi connectivity index (χ4n) is 3.04. The largest absolute Gasteiger partial charge is 0.438 e. The Morgan fingerprint density at radius 2 is 2.14 bits per heavy atom. The molecule has 0 bridgehead atoms. The molecule has 0 unspecified atom stereocenters. The van der Waals surface area contributed by atoms with E-state index in [-0.39, 0.29) is 0 Å². The third kappa shape index (κ3) is 2.05. The van der Waals surface area contributed by atoms with Crippen LogP contribution in [0.2, 0.25) is 0 Å². The monoisotopic (exact) mass is 294 g/mol. The molecule has 0 saturated heterocycles. The Morgan fingerprint density at radius 1 is 1.23 bits per heavy atom. The Balaban J connectivity index is 1.77. The first-order valence-corrected chi connectivity index (χ1v) is 7.50. The van der Waals surface area contributed by atoms with Crippen molar-refractivity contribution >= 4 is 10.9 Å². The first-order chi connectivity index (χ1) is 10.7. The fourth-order valence-corrected chi connectivity index (χ4v) is 3.04. The summed E-state index contributed by atoms with van der Waals surface area (Å²) in [4.78, 5) is 8.69. The van der Waals surface area contributed by atoms with Crippen LogP contribution in [0.3, 0.4) is 0 Å². The summed E-state index contributed by atoms with van der Waals surface area (Å²) in [5.41, 5.74) is 4.50. The molecule has 5 heteroatoms. The Kier molecular flexibility index (Phi) is 3.08. The minimum Gasteiger partial charge on any atom is -0.438 e. The summed E-state index contributed by atoms with van der Waals surface area (Å²) in [5.74, 6) is 1.54. The molecule has 0 spiro atoms. The molecule has 1 aliphatic heterocycles.